The lowest BCUT2D eigenvalue weighted by atomic mass is 10.0. The zero-order chi connectivity index (χ0) is 34.4. The first-order valence-electron chi connectivity index (χ1n) is 13.6. The summed E-state index contributed by atoms with van der Waals surface area (Å²) in [6.07, 6.45) is -11.8. The number of rotatable bonds is 9. The number of nitriles is 1. The molecule has 242 valence electrons. The molecule has 0 spiro atoms. The fourth-order valence-corrected chi connectivity index (χ4v) is 4.36. The van der Waals surface area contributed by atoms with Gasteiger partial charge >= 0.3 is 24.4 Å². The Hall–Kier alpha value is -5.84. The molecule has 0 heterocycles. The molecule has 14 heteroatoms. The number of hydrogen-bond donors (Lipinski definition) is 2. The van der Waals surface area contributed by atoms with E-state index in [-0.39, 0.29) is 36.0 Å². The molecule has 0 radical (unpaired) electrons. The van der Waals surface area contributed by atoms with Crippen molar-refractivity contribution in [3.63, 3.8) is 0 Å². The summed E-state index contributed by atoms with van der Waals surface area (Å²) in [5.41, 5.74) is -2.00. The predicted octanol–water partition coefficient (Wildman–Crippen LogP) is 7.67. The van der Waals surface area contributed by atoms with Gasteiger partial charge in [0.05, 0.1) is 35.7 Å². The van der Waals surface area contributed by atoms with Gasteiger partial charge in [-0.15, -0.1) is 0 Å². The highest BCUT2D eigenvalue weighted by molar-refractivity contribution is 5.97. The highest BCUT2D eigenvalue weighted by Crippen LogP contribution is 2.37. The molecular formula is C33H23F6N3O5. The molecular weight excluding hydrogens is 632 g/mol. The van der Waals surface area contributed by atoms with Crippen LogP contribution in [0, 0.1) is 11.3 Å². The van der Waals surface area contributed by atoms with Crippen LogP contribution in [0.5, 0.6) is 5.75 Å². The van der Waals surface area contributed by atoms with E-state index >= 15 is 0 Å². The third-order valence-corrected chi connectivity index (χ3v) is 6.66. The summed E-state index contributed by atoms with van der Waals surface area (Å²) in [7, 11) is 0. The summed E-state index contributed by atoms with van der Waals surface area (Å²) in [6, 6.07) is 20.7. The summed E-state index contributed by atoms with van der Waals surface area (Å²) >= 11 is 0. The molecule has 0 fully saturated rings. The van der Waals surface area contributed by atoms with Gasteiger partial charge in [0.25, 0.3) is 5.91 Å². The van der Waals surface area contributed by atoms with Gasteiger partial charge in [0.1, 0.15) is 5.75 Å². The zero-order valence-electron chi connectivity index (χ0n) is 24.0. The molecule has 0 saturated carbocycles. The molecule has 2 amide bonds. The van der Waals surface area contributed by atoms with Crippen LogP contribution in [-0.2, 0) is 23.7 Å². The number of nitrogens with zero attached hydrogens (tertiary/aromatic N) is 2. The molecule has 0 aliphatic rings. The number of alkyl halides is 6. The number of carboxylic acid groups (broad SMARTS) is 1. The Bertz CT molecular complexity index is 1780. The van der Waals surface area contributed by atoms with Crippen molar-refractivity contribution >= 4 is 23.7 Å². The van der Waals surface area contributed by atoms with Gasteiger partial charge in [-0.05, 0) is 77.4 Å². The summed E-state index contributed by atoms with van der Waals surface area (Å²) in [4.78, 5) is 37.7. The molecule has 0 aliphatic heterocycles. The van der Waals surface area contributed by atoms with Crippen molar-refractivity contribution in [2.45, 2.75) is 25.3 Å². The van der Waals surface area contributed by atoms with Gasteiger partial charge < -0.3 is 15.2 Å². The minimum atomic E-state index is -5.13. The first-order valence-corrected chi connectivity index (χ1v) is 13.6. The normalized spacial score (nSPS) is 11.3. The topological polar surface area (TPSA) is 120 Å². The van der Waals surface area contributed by atoms with E-state index in [4.69, 9.17) is 15.1 Å². The third-order valence-electron chi connectivity index (χ3n) is 6.66. The van der Waals surface area contributed by atoms with Gasteiger partial charge in [-0.1, -0.05) is 30.3 Å². The van der Waals surface area contributed by atoms with Crippen molar-refractivity contribution in [3.05, 3.63) is 119 Å². The average Bonchev–Trinajstić information content (AvgIpc) is 3.03. The van der Waals surface area contributed by atoms with E-state index in [2.05, 4.69) is 5.32 Å². The lowest BCUT2D eigenvalue weighted by Crippen LogP contribution is -2.34. The highest BCUT2D eigenvalue weighted by Gasteiger charge is 2.37. The maximum atomic E-state index is 13.6. The molecule has 0 atom stereocenters. The number of amides is 2. The van der Waals surface area contributed by atoms with Crippen LogP contribution < -0.4 is 15.0 Å². The van der Waals surface area contributed by atoms with E-state index in [1.165, 1.54) is 30.3 Å². The van der Waals surface area contributed by atoms with Gasteiger partial charge in [0.15, 0.2) is 0 Å². The van der Waals surface area contributed by atoms with Gasteiger partial charge in [-0.25, -0.2) is 4.79 Å². The quantitative estimate of drug-likeness (QED) is 0.179. The number of anilines is 1. The summed E-state index contributed by atoms with van der Waals surface area (Å²) in [5, 5.41) is 20.2. The second-order valence-corrected chi connectivity index (χ2v) is 10.0. The number of carbonyl (C=O) groups is 3. The smallest absolute Gasteiger partial charge is 0.420 e. The maximum absolute atomic E-state index is 13.6. The number of carbonyl (C=O) groups excluding carboxylic acids is 2. The number of aliphatic carboxylic acids is 1. The maximum Gasteiger partial charge on any atom is 0.420 e. The lowest BCUT2D eigenvalue weighted by Gasteiger charge is -2.24. The van der Waals surface area contributed by atoms with E-state index in [9.17, 15) is 40.7 Å². The third kappa shape index (κ3) is 9.10. The standard InChI is InChI=1S/C33H23F6N3O5/c34-32(35,36)25-14-21(15-26(17-25)33(37,38)39)19-42(27-3-1-2-24(16-27)30(45)41-13-12-29(43)44)31(46)47-28-10-8-23(9-11-28)22-6-4-20(18-40)5-7-22/h1-11,14-17H,12-13,19H2,(H,41,45)(H,43,44). The van der Waals surface area contributed by atoms with E-state index in [1.807, 2.05) is 6.07 Å². The van der Waals surface area contributed by atoms with Crippen LogP contribution in [0.3, 0.4) is 0 Å². The number of hydrogen-bond acceptors (Lipinski definition) is 5. The van der Waals surface area contributed by atoms with E-state index in [0.29, 0.717) is 23.3 Å². The molecule has 0 aromatic heterocycles. The minimum Gasteiger partial charge on any atom is -0.481 e. The molecule has 8 nitrogen and oxygen atoms in total. The second-order valence-electron chi connectivity index (χ2n) is 10.0. The lowest BCUT2D eigenvalue weighted by molar-refractivity contribution is -0.143. The molecule has 0 aliphatic carbocycles. The molecule has 4 aromatic carbocycles. The zero-order valence-corrected chi connectivity index (χ0v) is 24.0. The Morgan fingerprint density at radius 1 is 0.809 bits per heavy atom. The van der Waals surface area contributed by atoms with Crippen LogP contribution in [-0.4, -0.2) is 29.6 Å². The Labute approximate surface area is 263 Å². The first kappa shape index (κ1) is 34.0. The van der Waals surface area contributed by atoms with Crippen molar-refractivity contribution in [1.82, 2.24) is 5.32 Å². The van der Waals surface area contributed by atoms with Gasteiger partial charge in [-0.3, -0.25) is 14.5 Å². The SMILES string of the molecule is N#Cc1ccc(-c2ccc(OC(=O)N(Cc3cc(C(F)(F)F)cc(C(F)(F)F)c3)c3cccc(C(=O)NCCC(=O)O)c3)cc2)cc1. The Kier molecular flexibility index (Phi) is 10.2. The fraction of sp³-hybridized carbons (Fsp3) is 0.152. The number of ether oxygens (including phenoxy) is 1. The Morgan fingerprint density at radius 3 is 1.91 bits per heavy atom. The number of carboxylic acids is 1. The van der Waals surface area contributed by atoms with Crippen LogP contribution in [0.25, 0.3) is 11.1 Å². The summed E-state index contributed by atoms with van der Waals surface area (Å²) < 4.78 is 86.8. The van der Waals surface area contributed by atoms with Crippen LogP contribution in [0.4, 0.5) is 36.8 Å². The van der Waals surface area contributed by atoms with Gasteiger partial charge in [0.2, 0.25) is 0 Å². The Balaban J connectivity index is 1.68. The fourth-order valence-electron chi connectivity index (χ4n) is 4.36. The van der Waals surface area contributed by atoms with E-state index < -0.39 is 53.6 Å². The van der Waals surface area contributed by atoms with Crippen LogP contribution in [0.15, 0.2) is 91.0 Å². The van der Waals surface area contributed by atoms with Crippen LogP contribution in [0.2, 0.25) is 0 Å². The number of nitrogens with one attached hydrogen (secondary N) is 1. The van der Waals surface area contributed by atoms with Crippen molar-refractivity contribution in [2.75, 3.05) is 11.4 Å². The highest BCUT2D eigenvalue weighted by atomic mass is 19.4. The van der Waals surface area contributed by atoms with Crippen LogP contribution in [0.1, 0.15) is 39.0 Å². The van der Waals surface area contributed by atoms with Crippen LogP contribution >= 0.6 is 0 Å². The molecule has 2 N–H and O–H groups in total. The first-order chi connectivity index (χ1) is 22.1. The van der Waals surface area contributed by atoms with Crippen molar-refractivity contribution in [1.29, 1.82) is 5.26 Å². The average molecular weight is 656 g/mol. The molecule has 0 bridgehead atoms. The molecule has 0 unspecified atom stereocenters. The summed E-state index contributed by atoms with van der Waals surface area (Å²) in [6.45, 7) is -1.05. The summed E-state index contributed by atoms with van der Waals surface area (Å²) in [5.74, 6) is -1.92. The largest absolute Gasteiger partial charge is 0.481 e. The van der Waals surface area contributed by atoms with E-state index in [1.54, 1.807) is 36.4 Å². The molecule has 4 aromatic rings. The molecule has 0 saturated heterocycles. The number of halogens is 6. The van der Waals surface area contributed by atoms with Gasteiger partial charge in [-0.2, -0.15) is 31.6 Å². The number of benzene rings is 4. The van der Waals surface area contributed by atoms with Crippen molar-refractivity contribution in [3.8, 4) is 22.9 Å². The molecule has 47 heavy (non-hydrogen) atoms. The van der Waals surface area contributed by atoms with Crippen molar-refractivity contribution < 1.29 is 50.6 Å². The monoisotopic (exact) mass is 655 g/mol. The van der Waals surface area contributed by atoms with Crippen molar-refractivity contribution in [2.24, 2.45) is 0 Å². The van der Waals surface area contributed by atoms with E-state index in [0.717, 1.165) is 16.5 Å². The minimum absolute atomic E-state index is 0.0139. The Morgan fingerprint density at radius 2 is 1.38 bits per heavy atom. The molecule has 4 rings (SSSR count). The second kappa shape index (κ2) is 14.1. The van der Waals surface area contributed by atoms with Gasteiger partial charge in [0, 0.05) is 17.8 Å². The predicted molar refractivity (Wildman–Crippen MR) is 156 cm³/mol.